The normalized spacial score (nSPS) is 20.8. The van der Waals surface area contributed by atoms with Gasteiger partial charge >= 0.3 is 0 Å². The third-order valence-electron chi connectivity index (χ3n) is 3.06. The maximum Gasteiger partial charge on any atom is 0.122 e. The van der Waals surface area contributed by atoms with Gasteiger partial charge in [0, 0.05) is 16.9 Å². The summed E-state index contributed by atoms with van der Waals surface area (Å²) in [5, 5.41) is 13.5. The first kappa shape index (κ1) is 11.0. The van der Waals surface area contributed by atoms with Crippen LogP contribution in [0.3, 0.4) is 0 Å². The summed E-state index contributed by atoms with van der Waals surface area (Å²) in [4.78, 5) is 0. The molecule has 2 nitrogen and oxygen atoms in total. The number of aryl methyl sites for hydroxylation is 1. The van der Waals surface area contributed by atoms with Crippen molar-refractivity contribution in [2.24, 2.45) is 0 Å². The van der Waals surface area contributed by atoms with E-state index in [-0.39, 0.29) is 0 Å². The Labute approximate surface area is 98.8 Å². The van der Waals surface area contributed by atoms with E-state index < -0.39 is 0 Å². The second-order valence-electron chi connectivity index (χ2n) is 4.05. The van der Waals surface area contributed by atoms with Crippen molar-refractivity contribution in [3.05, 3.63) is 27.7 Å². The van der Waals surface area contributed by atoms with Gasteiger partial charge in [-0.2, -0.15) is 0 Å². The number of nitrogens with one attached hydrogen (secondary N) is 1. The molecule has 2 N–H and O–H groups in total. The highest BCUT2D eigenvalue weighted by atomic mass is 79.9. The van der Waals surface area contributed by atoms with Crippen LogP contribution >= 0.6 is 15.9 Å². The Kier molecular flexibility index (Phi) is 3.32. The van der Waals surface area contributed by atoms with E-state index in [2.05, 4.69) is 28.2 Å². The summed E-state index contributed by atoms with van der Waals surface area (Å²) in [5.41, 5.74) is 2.12. The van der Waals surface area contributed by atoms with E-state index in [1.54, 1.807) is 0 Å². The van der Waals surface area contributed by atoms with Crippen molar-refractivity contribution in [1.82, 2.24) is 5.32 Å². The van der Waals surface area contributed by atoms with Gasteiger partial charge in [0.05, 0.1) is 0 Å². The number of hydrogen-bond acceptors (Lipinski definition) is 2. The predicted molar refractivity (Wildman–Crippen MR) is 65.4 cm³/mol. The first-order chi connectivity index (χ1) is 7.22. The Morgan fingerprint density at radius 1 is 1.53 bits per heavy atom. The molecule has 15 heavy (non-hydrogen) atoms. The van der Waals surface area contributed by atoms with Gasteiger partial charge in [-0.25, -0.2) is 0 Å². The van der Waals surface area contributed by atoms with Crippen molar-refractivity contribution < 1.29 is 5.11 Å². The summed E-state index contributed by atoms with van der Waals surface area (Å²) in [6.07, 6.45) is 1.99. The standard InChI is InChI=1S/C12H16BrNO/c1-2-8-5-10(13)6-11(12(8)15)9-3-4-14-7-9/h5-6,9,14-15H,2-4,7H2,1H3. The van der Waals surface area contributed by atoms with E-state index >= 15 is 0 Å². The van der Waals surface area contributed by atoms with E-state index in [1.807, 2.05) is 12.1 Å². The maximum absolute atomic E-state index is 10.1. The molecule has 0 bridgehead atoms. The van der Waals surface area contributed by atoms with Gasteiger partial charge < -0.3 is 10.4 Å². The lowest BCUT2D eigenvalue weighted by Gasteiger charge is -2.14. The van der Waals surface area contributed by atoms with Crippen molar-refractivity contribution in [3.63, 3.8) is 0 Å². The molecule has 1 aliphatic heterocycles. The van der Waals surface area contributed by atoms with E-state index in [4.69, 9.17) is 0 Å². The second kappa shape index (κ2) is 4.54. The molecule has 3 heteroatoms. The molecule has 1 fully saturated rings. The first-order valence-electron chi connectivity index (χ1n) is 5.44. The van der Waals surface area contributed by atoms with Crippen molar-refractivity contribution in [2.75, 3.05) is 13.1 Å². The lowest BCUT2D eigenvalue weighted by atomic mass is 9.94. The largest absolute Gasteiger partial charge is 0.507 e. The molecule has 0 aliphatic carbocycles. The molecular formula is C12H16BrNO. The number of phenolic OH excluding ortho intramolecular Hbond substituents is 1. The molecule has 1 aromatic rings. The van der Waals surface area contributed by atoms with Crippen LogP contribution in [0.25, 0.3) is 0 Å². The topological polar surface area (TPSA) is 32.3 Å². The fourth-order valence-corrected chi connectivity index (χ4v) is 2.70. The zero-order valence-corrected chi connectivity index (χ0v) is 10.5. The van der Waals surface area contributed by atoms with Crippen LogP contribution in [-0.4, -0.2) is 18.2 Å². The Morgan fingerprint density at radius 3 is 2.93 bits per heavy atom. The molecule has 0 saturated carbocycles. The smallest absolute Gasteiger partial charge is 0.122 e. The van der Waals surface area contributed by atoms with E-state index in [1.165, 1.54) is 0 Å². The van der Waals surface area contributed by atoms with Gasteiger partial charge in [-0.1, -0.05) is 22.9 Å². The Bertz CT molecular complexity index is 359. The van der Waals surface area contributed by atoms with Gasteiger partial charge in [-0.3, -0.25) is 0 Å². The summed E-state index contributed by atoms with van der Waals surface area (Å²) in [6.45, 7) is 4.10. The molecule has 1 saturated heterocycles. The monoisotopic (exact) mass is 269 g/mol. The van der Waals surface area contributed by atoms with Gasteiger partial charge in [0.1, 0.15) is 5.75 Å². The molecule has 1 aromatic carbocycles. The second-order valence-corrected chi connectivity index (χ2v) is 4.96. The molecule has 1 unspecified atom stereocenters. The molecule has 2 rings (SSSR count). The fraction of sp³-hybridized carbons (Fsp3) is 0.500. The van der Waals surface area contributed by atoms with Gasteiger partial charge in [0.2, 0.25) is 0 Å². The zero-order valence-electron chi connectivity index (χ0n) is 8.89. The van der Waals surface area contributed by atoms with Crippen molar-refractivity contribution in [1.29, 1.82) is 0 Å². The first-order valence-corrected chi connectivity index (χ1v) is 6.23. The zero-order chi connectivity index (χ0) is 10.8. The van der Waals surface area contributed by atoms with Crippen LogP contribution in [0.4, 0.5) is 0 Å². The van der Waals surface area contributed by atoms with Crippen LogP contribution in [0.2, 0.25) is 0 Å². The summed E-state index contributed by atoms with van der Waals surface area (Å²) in [6, 6.07) is 4.05. The third-order valence-corrected chi connectivity index (χ3v) is 3.52. The quantitative estimate of drug-likeness (QED) is 0.866. The van der Waals surface area contributed by atoms with Crippen LogP contribution in [0, 0.1) is 0 Å². The minimum absolute atomic E-state index is 0.466. The Hall–Kier alpha value is -0.540. The molecular weight excluding hydrogens is 254 g/mol. The summed E-state index contributed by atoms with van der Waals surface area (Å²) < 4.78 is 1.07. The molecule has 0 radical (unpaired) electrons. The molecule has 0 aromatic heterocycles. The summed E-state index contributed by atoms with van der Waals surface area (Å²) in [5.74, 6) is 0.960. The minimum Gasteiger partial charge on any atom is -0.507 e. The Balaban J connectivity index is 2.40. The van der Waals surface area contributed by atoms with Crippen LogP contribution in [0.15, 0.2) is 16.6 Å². The van der Waals surface area contributed by atoms with Crippen LogP contribution in [0.1, 0.15) is 30.4 Å². The average Bonchev–Trinajstić information content (AvgIpc) is 2.74. The number of benzene rings is 1. The van der Waals surface area contributed by atoms with E-state index in [0.717, 1.165) is 41.5 Å². The van der Waals surface area contributed by atoms with E-state index in [9.17, 15) is 5.11 Å². The molecule has 0 amide bonds. The molecule has 82 valence electrons. The Morgan fingerprint density at radius 2 is 2.33 bits per heavy atom. The molecule has 1 aliphatic rings. The molecule has 1 atom stereocenters. The van der Waals surface area contributed by atoms with Gasteiger partial charge in [-0.05, 0) is 42.6 Å². The van der Waals surface area contributed by atoms with E-state index in [0.29, 0.717) is 11.7 Å². The number of hydrogen-bond donors (Lipinski definition) is 2. The highest BCUT2D eigenvalue weighted by Gasteiger charge is 2.21. The van der Waals surface area contributed by atoms with Crippen molar-refractivity contribution in [2.45, 2.75) is 25.7 Å². The molecule has 0 spiro atoms. The maximum atomic E-state index is 10.1. The number of phenols is 1. The predicted octanol–water partition coefficient (Wildman–Crippen LogP) is 2.79. The number of aromatic hydroxyl groups is 1. The average molecular weight is 270 g/mol. The highest BCUT2D eigenvalue weighted by Crippen LogP contribution is 2.35. The minimum atomic E-state index is 0.466. The van der Waals surface area contributed by atoms with Gasteiger partial charge in [0.25, 0.3) is 0 Å². The SMILES string of the molecule is CCc1cc(Br)cc(C2CCNC2)c1O. The van der Waals surface area contributed by atoms with Crippen LogP contribution in [-0.2, 0) is 6.42 Å². The highest BCUT2D eigenvalue weighted by molar-refractivity contribution is 9.10. The van der Waals surface area contributed by atoms with Crippen LogP contribution < -0.4 is 5.32 Å². The number of rotatable bonds is 2. The third kappa shape index (κ3) is 2.18. The summed E-state index contributed by atoms with van der Waals surface area (Å²) in [7, 11) is 0. The fourth-order valence-electron chi connectivity index (χ4n) is 2.18. The number of halogens is 1. The summed E-state index contributed by atoms with van der Waals surface area (Å²) >= 11 is 3.50. The van der Waals surface area contributed by atoms with Crippen molar-refractivity contribution >= 4 is 15.9 Å². The molecule has 1 heterocycles. The van der Waals surface area contributed by atoms with Gasteiger partial charge in [-0.15, -0.1) is 0 Å². The lowest BCUT2D eigenvalue weighted by Crippen LogP contribution is -2.08. The van der Waals surface area contributed by atoms with Gasteiger partial charge in [0.15, 0.2) is 0 Å². The lowest BCUT2D eigenvalue weighted by molar-refractivity contribution is 0.456. The van der Waals surface area contributed by atoms with Crippen LogP contribution in [0.5, 0.6) is 5.75 Å². The van der Waals surface area contributed by atoms with Crippen molar-refractivity contribution in [3.8, 4) is 5.75 Å².